The Bertz CT molecular complexity index is 1110. The molecule has 4 rings (SSSR count). The molecule has 7 nitrogen and oxygen atoms in total. The first-order chi connectivity index (χ1) is 13.6. The average Bonchev–Trinajstić information content (AvgIpc) is 3.10. The number of nitrogens with zero attached hydrogens (tertiary/aromatic N) is 1. The van der Waals surface area contributed by atoms with Crippen LogP contribution in [-0.2, 0) is 17.6 Å². The minimum Gasteiger partial charge on any atom is -0.493 e. The Morgan fingerprint density at radius 3 is 2.64 bits per heavy atom. The van der Waals surface area contributed by atoms with Gasteiger partial charge in [0.2, 0.25) is 5.91 Å². The van der Waals surface area contributed by atoms with Crippen LogP contribution in [0.3, 0.4) is 0 Å². The monoisotopic (exact) mass is 379 g/mol. The van der Waals surface area contributed by atoms with Crippen molar-refractivity contribution in [2.24, 2.45) is 0 Å². The summed E-state index contributed by atoms with van der Waals surface area (Å²) in [4.78, 5) is 24.6. The number of hydrogen-bond donors (Lipinski definition) is 2. The molecular formula is C21H21N3O4. The summed E-state index contributed by atoms with van der Waals surface area (Å²) in [6, 6.07) is 11.0. The van der Waals surface area contributed by atoms with Gasteiger partial charge in [-0.1, -0.05) is 18.2 Å². The molecule has 0 radical (unpaired) electrons. The summed E-state index contributed by atoms with van der Waals surface area (Å²) in [5, 5.41) is 10.9. The van der Waals surface area contributed by atoms with Gasteiger partial charge < -0.3 is 14.8 Å². The van der Waals surface area contributed by atoms with E-state index >= 15 is 0 Å². The molecule has 1 aliphatic carbocycles. The number of aromatic amines is 1. The van der Waals surface area contributed by atoms with Crippen LogP contribution >= 0.6 is 0 Å². The van der Waals surface area contributed by atoms with Gasteiger partial charge in [0.15, 0.2) is 11.5 Å². The highest BCUT2D eigenvalue weighted by Gasteiger charge is 2.26. The molecule has 1 aromatic heterocycles. The highest BCUT2D eigenvalue weighted by Crippen LogP contribution is 2.39. The predicted octanol–water partition coefficient (Wildman–Crippen LogP) is 2.29. The summed E-state index contributed by atoms with van der Waals surface area (Å²) < 4.78 is 10.7. The Kier molecular flexibility index (Phi) is 4.73. The lowest BCUT2D eigenvalue weighted by molar-refractivity contribution is -0.121. The third-order valence-electron chi connectivity index (χ3n) is 5.16. The van der Waals surface area contributed by atoms with Crippen molar-refractivity contribution in [3.63, 3.8) is 0 Å². The van der Waals surface area contributed by atoms with Crippen molar-refractivity contribution in [2.75, 3.05) is 14.2 Å². The third kappa shape index (κ3) is 3.19. The largest absolute Gasteiger partial charge is 0.493 e. The maximum absolute atomic E-state index is 12.7. The number of benzene rings is 2. The molecule has 0 saturated carbocycles. The van der Waals surface area contributed by atoms with Gasteiger partial charge in [0.05, 0.1) is 37.8 Å². The Balaban J connectivity index is 1.55. The number of aromatic nitrogens is 2. The fourth-order valence-electron chi connectivity index (χ4n) is 3.79. The first-order valence-electron chi connectivity index (χ1n) is 9.11. The van der Waals surface area contributed by atoms with Crippen LogP contribution in [0.25, 0.3) is 10.8 Å². The number of fused-ring (bicyclic) bond motifs is 2. The molecule has 1 heterocycles. The number of amides is 1. The quantitative estimate of drug-likeness (QED) is 0.709. The van der Waals surface area contributed by atoms with Crippen molar-refractivity contribution < 1.29 is 14.3 Å². The SMILES string of the molecule is COc1cc2c(cc1OC)[C@H](NC(=O)Cc1n[nH]c(=O)c3ccccc13)CC2. The van der Waals surface area contributed by atoms with Crippen molar-refractivity contribution >= 4 is 16.7 Å². The van der Waals surface area contributed by atoms with Crippen molar-refractivity contribution in [1.29, 1.82) is 0 Å². The number of carbonyl (C=O) groups is 1. The summed E-state index contributed by atoms with van der Waals surface area (Å²) in [6.07, 6.45) is 1.77. The number of hydrogen-bond acceptors (Lipinski definition) is 5. The number of methoxy groups -OCH3 is 2. The van der Waals surface area contributed by atoms with Crippen LogP contribution in [0.1, 0.15) is 29.3 Å². The van der Waals surface area contributed by atoms with Crippen molar-refractivity contribution in [3.05, 3.63) is 63.6 Å². The van der Waals surface area contributed by atoms with E-state index in [0.29, 0.717) is 28.0 Å². The summed E-state index contributed by atoms with van der Waals surface area (Å²) in [5.41, 5.74) is 2.49. The molecule has 0 bridgehead atoms. The number of H-pyrrole nitrogens is 1. The lowest BCUT2D eigenvalue weighted by Gasteiger charge is -2.16. The molecule has 2 aromatic carbocycles. The van der Waals surface area contributed by atoms with Crippen LogP contribution in [0.4, 0.5) is 0 Å². The highest BCUT2D eigenvalue weighted by molar-refractivity contribution is 5.88. The van der Waals surface area contributed by atoms with Crippen LogP contribution < -0.4 is 20.3 Å². The van der Waals surface area contributed by atoms with Gasteiger partial charge >= 0.3 is 0 Å². The van der Waals surface area contributed by atoms with E-state index < -0.39 is 0 Å². The number of ether oxygens (including phenoxy) is 2. The summed E-state index contributed by atoms with van der Waals surface area (Å²) in [6.45, 7) is 0. The molecular weight excluding hydrogens is 358 g/mol. The molecule has 1 amide bonds. The summed E-state index contributed by atoms with van der Waals surface area (Å²) in [5.74, 6) is 1.20. The number of aryl methyl sites for hydroxylation is 1. The van der Waals surface area contributed by atoms with Gasteiger partial charge in [-0.3, -0.25) is 9.59 Å². The van der Waals surface area contributed by atoms with Crippen LogP contribution in [0.15, 0.2) is 41.2 Å². The van der Waals surface area contributed by atoms with Crippen molar-refractivity contribution in [3.8, 4) is 11.5 Å². The van der Waals surface area contributed by atoms with Crippen molar-refractivity contribution in [1.82, 2.24) is 15.5 Å². The van der Waals surface area contributed by atoms with Crippen LogP contribution in [0.2, 0.25) is 0 Å². The van der Waals surface area contributed by atoms with E-state index in [1.165, 1.54) is 0 Å². The lowest BCUT2D eigenvalue weighted by Crippen LogP contribution is -2.29. The fraction of sp³-hybridized carbons (Fsp3) is 0.286. The maximum Gasteiger partial charge on any atom is 0.272 e. The van der Waals surface area contributed by atoms with E-state index in [4.69, 9.17) is 9.47 Å². The average molecular weight is 379 g/mol. The molecule has 2 N–H and O–H groups in total. The van der Waals surface area contributed by atoms with Gasteiger partial charge in [0.25, 0.3) is 5.56 Å². The molecule has 0 fully saturated rings. The third-order valence-corrected chi connectivity index (χ3v) is 5.16. The zero-order valence-electron chi connectivity index (χ0n) is 15.7. The maximum atomic E-state index is 12.7. The Hall–Kier alpha value is -3.35. The van der Waals surface area contributed by atoms with Crippen LogP contribution in [-0.4, -0.2) is 30.3 Å². The molecule has 28 heavy (non-hydrogen) atoms. The molecule has 1 atom stereocenters. The van der Waals surface area contributed by atoms with Gasteiger partial charge in [-0.05, 0) is 42.2 Å². The predicted molar refractivity (Wildman–Crippen MR) is 105 cm³/mol. The van der Waals surface area contributed by atoms with E-state index in [2.05, 4.69) is 15.5 Å². The highest BCUT2D eigenvalue weighted by atomic mass is 16.5. The molecule has 0 unspecified atom stereocenters. The second kappa shape index (κ2) is 7.34. The Morgan fingerprint density at radius 1 is 1.18 bits per heavy atom. The molecule has 1 aliphatic rings. The smallest absolute Gasteiger partial charge is 0.272 e. The number of rotatable bonds is 5. The summed E-state index contributed by atoms with van der Waals surface area (Å²) in [7, 11) is 3.21. The van der Waals surface area contributed by atoms with E-state index in [0.717, 1.165) is 24.0 Å². The lowest BCUT2D eigenvalue weighted by atomic mass is 10.1. The first-order valence-corrected chi connectivity index (χ1v) is 9.11. The van der Waals surface area contributed by atoms with E-state index in [1.807, 2.05) is 24.3 Å². The minimum atomic E-state index is -0.259. The van der Waals surface area contributed by atoms with E-state index in [-0.39, 0.29) is 23.9 Å². The second-order valence-electron chi connectivity index (χ2n) is 6.79. The number of carbonyl (C=O) groups excluding carboxylic acids is 1. The zero-order valence-corrected chi connectivity index (χ0v) is 15.7. The fourth-order valence-corrected chi connectivity index (χ4v) is 3.79. The first kappa shape index (κ1) is 18.0. The molecule has 0 saturated heterocycles. The van der Waals surface area contributed by atoms with E-state index in [9.17, 15) is 9.59 Å². The minimum absolute atomic E-state index is 0.0867. The summed E-state index contributed by atoms with van der Waals surface area (Å²) >= 11 is 0. The van der Waals surface area contributed by atoms with Gasteiger partial charge in [0, 0.05) is 5.39 Å². The molecule has 3 aromatic rings. The van der Waals surface area contributed by atoms with Crippen LogP contribution in [0, 0.1) is 0 Å². The standard InChI is InChI=1S/C21H21N3O4/c1-27-18-9-12-7-8-16(15(12)10-19(18)28-2)22-20(25)11-17-13-5-3-4-6-14(13)21(26)24-23-17/h3-6,9-10,16H,7-8,11H2,1-2H3,(H,22,25)(H,24,26)/t16-/m1/s1. The van der Waals surface area contributed by atoms with E-state index in [1.54, 1.807) is 26.4 Å². The molecule has 0 aliphatic heterocycles. The normalized spacial score (nSPS) is 15.3. The Morgan fingerprint density at radius 2 is 1.89 bits per heavy atom. The van der Waals surface area contributed by atoms with Crippen LogP contribution in [0.5, 0.6) is 11.5 Å². The van der Waals surface area contributed by atoms with Crippen molar-refractivity contribution in [2.45, 2.75) is 25.3 Å². The molecule has 144 valence electrons. The molecule has 7 heteroatoms. The zero-order chi connectivity index (χ0) is 19.7. The van der Waals surface area contributed by atoms with Gasteiger partial charge in [-0.2, -0.15) is 5.10 Å². The topological polar surface area (TPSA) is 93.3 Å². The number of nitrogens with one attached hydrogen (secondary N) is 2. The second-order valence-corrected chi connectivity index (χ2v) is 6.79. The van der Waals surface area contributed by atoms with Gasteiger partial charge in [0.1, 0.15) is 0 Å². The van der Waals surface area contributed by atoms with Gasteiger partial charge in [-0.15, -0.1) is 0 Å². The Labute approximate surface area is 161 Å². The van der Waals surface area contributed by atoms with Gasteiger partial charge in [-0.25, -0.2) is 5.10 Å². The molecule has 0 spiro atoms.